The topological polar surface area (TPSA) is 76.5 Å². The Balaban J connectivity index is 1.83. The monoisotopic (exact) mass is 374 g/mol. The number of halogens is 1. The number of aryl methyl sites for hydroxylation is 1. The number of anilines is 1. The SMILES string of the molecule is Cn1nc2c(c1C(=O)Nc1ccccc1F)CN(C(=O)OC(C)(C)C)CC2. The number of amides is 2. The van der Waals surface area contributed by atoms with Crippen molar-refractivity contribution in [2.45, 2.75) is 39.3 Å². The van der Waals surface area contributed by atoms with E-state index in [2.05, 4.69) is 10.4 Å². The summed E-state index contributed by atoms with van der Waals surface area (Å²) in [4.78, 5) is 26.7. The number of hydrogen-bond acceptors (Lipinski definition) is 4. The first-order valence-corrected chi connectivity index (χ1v) is 8.74. The fraction of sp³-hybridized carbons (Fsp3) is 0.421. The van der Waals surface area contributed by atoms with Crippen LogP contribution >= 0.6 is 0 Å². The van der Waals surface area contributed by atoms with Crippen molar-refractivity contribution in [1.29, 1.82) is 0 Å². The minimum atomic E-state index is -0.600. The van der Waals surface area contributed by atoms with Gasteiger partial charge in [0.25, 0.3) is 5.91 Å². The van der Waals surface area contributed by atoms with Crippen LogP contribution in [0.5, 0.6) is 0 Å². The first kappa shape index (κ1) is 18.9. The number of carbonyl (C=O) groups is 2. The van der Waals surface area contributed by atoms with Gasteiger partial charge in [-0.25, -0.2) is 9.18 Å². The van der Waals surface area contributed by atoms with Gasteiger partial charge in [0.05, 0.1) is 17.9 Å². The number of benzene rings is 1. The second-order valence-corrected chi connectivity index (χ2v) is 7.48. The number of aromatic nitrogens is 2. The Morgan fingerprint density at radius 1 is 1.26 bits per heavy atom. The minimum absolute atomic E-state index is 0.0947. The van der Waals surface area contributed by atoms with Crippen LogP contribution in [0.2, 0.25) is 0 Å². The molecule has 0 atom stereocenters. The zero-order valence-corrected chi connectivity index (χ0v) is 15.9. The highest BCUT2D eigenvalue weighted by Gasteiger charge is 2.31. The van der Waals surface area contributed by atoms with Gasteiger partial charge in [-0.3, -0.25) is 9.48 Å². The zero-order chi connectivity index (χ0) is 19.8. The predicted octanol–water partition coefficient (Wildman–Crippen LogP) is 3.10. The smallest absolute Gasteiger partial charge is 0.410 e. The van der Waals surface area contributed by atoms with E-state index in [1.807, 2.05) is 0 Å². The van der Waals surface area contributed by atoms with E-state index >= 15 is 0 Å². The minimum Gasteiger partial charge on any atom is -0.444 e. The number of carbonyl (C=O) groups excluding carboxylic acids is 2. The van der Waals surface area contributed by atoms with E-state index in [0.29, 0.717) is 24.2 Å². The summed E-state index contributed by atoms with van der Waals surface area (Å²) >= 11 is 0. The van der Waals surface area contributed by atoms with Crippen molar-refractivity contribution in [3.63, 3.8) is 0 Å². The van der Waals surface area contributed by atoms with Crippen molar-refractivity contribution < 1.29 is 18.7 Å². The van der Waals surface area contributed by atoms with Crippen molar-refractivity contribution in [3.05, 3.63) is 47.0 Å². The third kappa shape index (κ3) is 4.10. The van der Waals surface area contributed by atoms with Crippen LogP contribution in [0, 0.1) is 5.82 Å². The lowest BCUT2D eigenvalue weighted by atomic mass is 10.1. The first-order valence-electron chi connectivity index (χ1n) is 8.74. The van der Waals surface area contributed by atoms with Gasteiger partial charge >= 0.3 is 6.09 Å². The van der Waals surface area contributed by atoms with E-state index in [9.17, 15) is 14.0 Å². The highest BCUT2D eigenvalue weighted by molar-refractivity contribution is 6.04. The Kier molecular flexibility index (Phi) is 4.91. The van der Waals surface area contributed by atoms with Crippen LogP contribution in [0.25, 0.3) is 0 Å². The number of nitrogens with zero attached hydrogens (tertiary/aromatic N) is 3. The molecule has 27 heavy (non-hydrogen) atoms. The van der Waals surface area contributed by atoms with E-state index in [0.717, 1.165) is 5.69 Å². The zero-order valence-electron chi connectivity index (χ0n) is 15.9. The lowest BCUT2D eigenvalue weighted by Gasteiger charge is -2.29. The molecule has 3 rings (SSSR count). The summed E-state index contributed by atoms with van der Waals surface area (Å²) in [6, 6.07) is 5.96. The molecule has 0 aliphatic carbocycles. The molecule has 1 aromatic heterocycles. The second-order valence-electron chi connectivity index (χ2n) is 7.48. The summed E-state index contributed by atoms with van der Waals surface area (Å²) in [6.45, 7) is 6.10. The Bertz CT molecular complexity index is 886. The molecule has 2 heterocycles. The van der Waals surface area contributed by atoms with Gasteiger partial charge in [-0.1, -0.05) is 12.1 Å². The standard InChI is InChI=1S/C19H23FN4O3/c1-19(2,3)27-18(26)24-10-9-14-12(11-24)16(23(4)22-14)17(25)21-15-8-6-5-7-13(15)20/h5-8H,9-11H2,1-4H3,(H,21,25). The molecule has 0 bridgehead atoms. The molecule has 8 heteroatoms. The molecule has 0 unspecified atom stereocenters. The molecule has 7 nitrogen and oxygen atoms in total. The van der Waals surface area contributed by atoms with Crippen molar-refractivity contribution in [1.82, 2.24) is 14.7 Å². The van der Waals surface area contributed by atoms with Crippen LogP contribution < -0.4 is 5.32 Å². The van der Waals surface area contributed by atoms with Crippen LogP contribution in [0.1, 0.15) is 42.5 Å². The highest BCUT2D eigenvalue weighted by Crippen LogP contribution is 2.25. The molecule has 1 aliphatic rings. The molecular weight excluding hydrogens is 351 g/mol. The Labute approximate surface area is 157 Å². The molecular formula is C19H23FN4O3. The number of rotatable bonds is 2. The average molecular weight is 374 g/mol. The molecule has 1 aliphatic heterocycles. The fourth-order valence-corrected chi connectivity index (χ4v) is 3.01. The molecule has 1 aromatic carbocycles. The van der Waals surface area contributed by atoms with E-state index < -0.39 is 23.4 Å². The van der Waals surface area contributed by atoms with Crippen molar-refractivity contribution >= 4 is 17.7 Å². The summed E-state index contributed by atoms with van der Waals surface area (Å²) in [7, 11) is 1.66. The molecule has 144 valence electrons. The average Bonchev–Trinajstić information content (AvgIpc) is 2.90. The quantitative estimate of drug-likeness (QED) is 0.876. The summed E-state index contributed by atoms with van der Waals surface area (Å²) in [5.41, 5.74) is 1.22. The van der Waals surface area contributed by atoms with Gasteiger partial charge in [-0.05, 0) is 32.9 Å². The van der Waals surface area contributed by atoms with Crippen LogP contribution in [0.15, 0.2) is 24.3 Å². The van der Waals surface area contributed by atoms with Crippen LogP contribution in [0.4, 0.5) is 14.9 Å². The lowest BCUT2D eigenvalue weighted by molar-refractivity contribution is 0.0222. The van der Waals surface area contributed by atoms with Gasteiger partial charge in [0.2, 0.25) is 0 Å². The van der Waals surface area contributed by atoms with Gasteiger partial charge < -0.3 is 15.0 Å². The van der Waals surface area contributed by atoms with Gasteiger partial charge in [0, 0.05) is 25.6 Å². The molecule has 0 saturated heterocycles. The van der Waals surface area contributed by atoms with Crippen molar-refractivity contribution in [2.75, 3.05) is 11.9 Å². The molecule has 0 radical (unpaired) electrons. The number of ether oxygens (including phenoxy) is 1. The Hall–Kier alpha value is -2.90. The molecule has 0 fully saturated rings. The maximum atomic E-state index is 13.9. The normalized spacial score (nSPS) is 13.9. The third-order valence-corrected chi connectivity index (χ3v) is 4.18. The van der Waals surface area contributed by atoms with E-state index in [4.69, 9.17) is 4.74 Å². The van der Waals surface area contributed by atoms with Crippen LogP contribution in [0.3, 0.4) is 0 Å². The number of nitrogens with one attached hydrogen (secondary N) is 1. The summed E-state index contributed by atoms with van der Waals surface area (Å²) < 4.78 is 20.7. The molecule has 0 spiro atoms. The molecule has 0 saturated carbocycles. The van der Waals surface area contributed by atoms with Gasteiger partial charge in [0.1, 0.15) is 17.1 Å². The van der Waals surface area contributed by atoms with Gasteiger partial charge in [-0.2, -0.15) is 5.10 Å². The van der Waals surface area contributed by atoms with Crippen molar-refractivity contribution in [3.8, 4) is 0 Å². The lowest BCUT2D eigenvalue weighted by Crippen LogP contribution is -2.40. The van der Waals surface area contributed by atoms with Crippen molar-refractivity contribution in [2.24, 2.45) is 7.05 Å². The second kappa shape index (κ2) is 7.02. The predicted molar refractivity (Wildman–Crippen MR) is 97.9 cm³/mol. The van der Waals surface area contributed by atoms with Crippen LogP contribution in [-0.2, 0) is 24.8 Å². The fourth-order valence-electron chi connectivity index (χ4n) is 3.01. The Morgan fingerprint density at radius 3 is 2.63 bits per heavy atom. The van der Waals surface area contributed by atoms with Gasteiger partial charge in [-0.15, -0.1) is 0 Å². The summed E-state index contributed by atoms with van der Waals surface area (Å²) in [5.74, 6) is -0.986. The van der Waals surface area contributed by atoms with E-state index in [-0.39, 0.29) is 12.2 Å². The molecule has 1 N–H and O–H groups in total. The maximum absolute atomic E-state index is 13.9. The van der Waals surface area contributed by atoms with E-state index in [1.54, 1.807) is 44.9 Å². The van der Waals surface area contributed by atoms with Crippen LogP contribution in [-0.4, -0.2) is 38.8 Å². The maximum Gasteiger partial charge on any atom is 0.410 e. The third-order valence-electron chi connectivity index (χ3n) is 4.18. The number of hydrogen-bond donors (Lipinski definition) is 1. The first-order chi connectivity index (χ1) is 12.7. The van der Waals surface area contributed by atoms with E-state index in [1.165, 1.54) is 16.8 Å². The summed E-state index contributed by atoms with van der Waals surface area (Å²) in [6.07, 6.45) is 0.0903. The van der Waals surface area contributed by atoms with Gasteiger partial charge in [0.15, 0.2) is 0 Å². The molecule has 2 aromatic rings. The Morgan fingerprint density at radius 2 is 1.96 bits per heavy atom. The number of fused-ring (bicyclic) bond motifs is 1. The molecule has 2 amide bonds. The highest BCUT2D eigenvalue weighted by atomic mass is 19.1. The summed E-state index contributed by atoms with van der Waals surface area (Å²) in [5, 5.41) is 6.96. The number of para-hydroxylation sites is 1. The largest absolute Gasteiger partial charge is 0.444 e.